The van der Waals surface area contributed by atoms with E-state index in [0.717, 1.165) is 24.9 Å². The third-order valence-electron chi connectivity index (χ3n) is 3.53. The van der Waals surface area contributed by atoms with Gasteiger partial charge < -0.3 is 11.1 Å². The van der Waals surface area contributed by atoms with Gasteiger partial charge in [-0.15, -0.1) is 11.8 Å². The maximum Gasteiger partial charge on any atom is 0.231 e. The van der Waals surface area contributed by atoms with Crippen LogP contribution in [-0.4, -0.2) is 18.7 Å². The van der Waals surface area contributed by atoms with Gasteiger partial charge in [-0.25, -0.2) is 0 Å². The molecular formula is C13H18N2OS. The molecule has 1 aromatic rings. The van der Waals surface area contributed by atoms with Crippen LogP contribution in [0.2, 0.25) is 0 Å². The Morgan fingerprint density at radius 2 is 2.06 bits per heavy atom. The zero-order valence-electron chi connectivity index (χ0n) is 10.0. The molecule has 2 rings (SSSR count). The zero-order valence-corrected chi connectivity index (χ0v) is 10.8. The molecule has 3 nitrogen and oxygen atoms in total. The number of rotatable bonds is 4. The summed E-state index contributed by atoms with van der Waals surface area (Å²) in [6.45, 7) is 0.446. The molecule has 0 aromatic heterocycles. The molecule has 1 fully saturated rings. The van der Waals surface area contributed by atoms with Gasteiger partial charge in [-0.1, -0.05) is 6.42 Å². The summed E-state index contributed by atoms with van der Waals surface area (Å²) < 4.78 is 0. The molecule has 0 spiro atoms. The molecule has 0 heterocycles. The first-order chi connectivity index (χ1) is 8.20. The fraction of sp³-hybridized carbons (Fsp3) is 0.462. The van der Waals surface area contributed by atoms with Crippen LogP contribution in [0.5, 0.6) is 0 Å². The second-order valence-electron chi connectivity index (χ2n) is 4.52. The van der Waals surface area contributed by atoms with Crippen molar-refractivity contribution in [3.05, 3.63) is 24.3 Å². The molecule has 0 atom stereocenters. The first kappa shape index (κ1) is 12.5. The van der Waals surface area contributed by atoms with E-state index < -0.39 is 0 Å². The predicted octanol–water partition coefficient (Wildman–Crippen LogP) is 2.48. The Morgan fingerprint density at radius 3 is 2.47 bits per heavy atom. The summed E-state index contributed by atoms with van der Waals surface area (Å²) in [5, 5.41) is 2.96. The Morgan fingerprint density at radius 1 is 1.41 bits per heavy atom. The molecule has 0 aliphatic heterocycles. The summed E-state index contributed by atoms with van der Waals surface area (Å²) in [5.74, 6) is 0.0724. The maximum absolute atomic E-state index is 12.1. The lowest BCUT2D eigenvalue weighted by Crippen LogP contribution is -2.47. The number of nitrogens with one attached hydrogen (secondary N) is 1. The molecule has 17 heavy (non-hydrogen) atoms. The van der Waals surface area contributed by atoms with Crippen molar-refractivity contribution in [2.45, 2.75) is 24.2 Å². The Labute approximate surface area is 106 Å². The molecule has 1 aliphatic rings. The fourth-order valence-electron chi connectivity index (χ4n) is 2.07. The molecule has 1 aliphatic carbocycles. The third kappa shape index (κ3) is 2.48. The van der Waals surface area contributed by atoms with Gasteiger partial charge in [0.25, 0.3) is 0 Å². The molecule has 1 saturated carbocycles. The van der Waals surface area contributed by atoms with E-state index in [1.807, 2.05) is 30.5 Å². The second kappa shape index (κ2) is 5.10. The van der Waals surface area contributed by atoms with Gasteiger partial charge in [0.15, 0.2) is 0 Å². The number of hydrogen-bond donors (Lipinski definition) is 2. The summed E-state index contributed by atoms with van der Waals surface area (Å²) in [4.78, 5) is 13.3. The molecule has 92 valence electrons. The van der Waals surface area contributed by atoms with Crippen LogP contribution in [0.25, 0.3) is 0 Å². The lowest BCUT2D eigenvalue weighted by atomic mass is 9.68. The number of thioether (sulfide) groups is 1. The van der Waals surface area contributed by atoms with Gasteiger partial charge in [0.1, 0.15) is 0 Å². The number of amides is 1. The predicted molar refractivity (Wildman–Crippen MR) is 72.2 cm³/mol. The summed E-state index contributed by atoms with van der Waals surface area (Å²) in [6, 6.07) is 7.89. The standard InChI is InChI=1S/C13H18N2OS/c1-17-11-5-3-10(4-6-11)15-12(16)13(9-14)7-2-8-13/h3-6H,2,7-9,14H2,1H3,(H,15,16). The van der Waals surface area contributed by atoms with Crippen molar-refractivity contribution >= 4 is 23.4 Å². The smallest absolute Gasteiger partial charge is 0.231 e. The molecule has 0 bridgehead atoms. The van der Waals surface area contributed by atoms with Gasteiger partial charge >= 0.3 is 0 Å². The molecule has 1 amide bonds. The lowest BCUT2D eigenvalue weighted by molar-refractivity contribution is -0.129. The molecule has 1 aromatic carbocycles. The molecular weight excluding hydrogens is 232 g/mol. The Bertz CT molecular complexity index is 393. The fourth-order valence-corrected chi connectivity index (χ4v) is 2.47. The average Bonchev–Trinajstić information content (AvgIpc) is 2.29. The van der Waals surface area contributed by atoms with Crippen LogP contribution in [0.1, 0.15) is 19.3 Å². The van der Waals surface area contributed by atoms with Crippen LogP contribution in [0, 0.1) is 5.41 Å². The minimum Gasteiger partial charge on any atom is -0.329 e. The summed E-state index contributed by atoms with van der Waals surface area (Å²) >= 11 is 1.69. The van der Waals surface area contributed by atoms with Crippen molar-refractivity contribution in [1.29, 1.82) is 0 Å². The molecule has 3 N–H and O–H groups in total. The highest BCUT2D eigenvalue weighted by Gasteiger charge is 2.42. The van der Waals surface area contributed by atoms with Gasteiger partial charge in [-0.2, -0.15) is 0 Å². The largest absolute Gasteiger partial charge is 0.329 e. The number of nitrogens with two attached hydrogens (primary N) is 1. The van der Waals surface area contributed by atoms with Crippen molar-refractivity contribution in [3.63, 3.8) is 0 Å². The average molecular weight is 250 g/mol. The van der Waals surface area contributed by atoms with Crippen molar-refractivity contribution in [3.8, 4) is 0 Å². The highest BCUT2D eigenvalue weighted by molar-refractivity contribution is 7.98. The van der Waals surface area contributed by atoms with Gasteiger partial charge in [-0.05, 0) is 43.4 Å². The SMILES string of the molecule is CSc1ccc(NC(=O)C2(CN)CCC2)cc1. The van der Waals surface area contributed by atoms with Gasteiger partial charge in [-0.3, -0.25) is 4.79 Å². The maximum atomic E-state index is 12.1. The van der Waals surface area contributed by atoms with Crippen molar-refractivity contribution < 1.29 is 4.79 Å². The first-order valence-electron chi connectivity index (χ1n) is 5.86. The highest BCUT2D eigenvalue weighted by Crippen LogP contribution is 2.40. The number of carbonyl (C=O) groups is 1. The van der Waals surface area contributed by atoms with Crippen molar-refractivity contribution in [2.24, 2.45) is 11.1 Å². The van der Waals surface area contributed by atoms with Crippen molar-refractivity contribution in [1.82, 2.24) is 0 Å². The van der Waals surface area contributed by atoms with E-state index in [1.54, 1.807) is 11.8 Å². The minimum atomic E-state index is -0.307. The summed E-state index contributed by atoms with van der Waals surface area (Å²) in [6.07, 6.45) is 4.97. The van der Waals surface area contributed by atoms with Crippen LogP contribution in [0.4, 0.5) is 5.69 Å². The van der Waals surface area contributed by atoms with Crippen LogP contribution in [0.3, 0.4) is 0 Å². The lowest BCUT2D eigenvalue weighted by Gasteiger charge is -2.39. The molecule has 0 saturated heterocycles. The Hall–Kier alpha value is -1.00. The van der Waals surface area contributed by atoms with Gasteiger partial charge in [0, 0.05) is 17.1 Å². The van der Waals surface area contributed by atoms with Crippen LogP contribution >= 0.6 is 11.8 Å². The minimum absolute atomic E-state index is 0.0724. The number of hydrogen-bond acceptors (Lipinski definition) is 3. The normalized spacial score (nSPS) is 17.3. The van der Waals surface area contributed by atoms with E-state index in [4.69, 9.17) is 5.73 Å². The van der Waals surface area contributed by atoms with Crippen LogP contribution in [-0.2, 0) is 4.79 Å². The Kier molecular flexibility index (Phi) is 3.74. The van der Waals surface area contributed by atoms with Crippen molar-refractivity contribution in [2.75, 3.05) is 18.1 Å². The number of anilines is 1. The van der Waals surface area contributed by atoms with E-state index in [1.165, 1.54) is 4.90 Å². The van der Waals surface area contributed by atoms with E-state index in [-0.39, 0.29) is 11.3 Å². The van der Waals surface area contributed by atoms with E-state index in [9.17, 15) is 4.79 Å². The first-order valence-corrected chi connectivity index (χ1v) is 7.08. The topological polar surface area (TPSA) is 55.1 Å². The van der Waals surface area contributed by atoms with Crippen LogP contribution < -0.4 is 11.1 Å². The molecule has 0 radical (unpaired) electrons. The van der Waals surface area contributed by atoms with Gasteiger partial charge in [0.05, 0.1) is 5.41 Å². The van der Waals surface area contributed by atoms with Gasteiger partial charge in [0.2, 0.25) is 5.91 Å². The van der Waals surface area contributed by atoms with E-state index in [2.05, 4.69) is 5.32 Å². The highest BCUT2D eigenvalue weighted by atomic mass is 32.2. The summed E-state index contributed by atoms with van der Waals surface area (Å²) in [5.41, 5.74) is 6.25. The quantitative estimate of drug-likeness (QED) is 0.807. The Balaban J connectivity index is 2.02. The van der Waals surface area contributed by atoms with E-state index in [0.29, 0.717) is 6.54 Å². The van der Waals surface area contributed by atoms with E-state index >= 15 is 0 Å². The third-order valence-corrected chi connectivity index (χ3v) is 4.27. The molecule has 4 heteroatoms. The monoisotopic (exact) mass is 250 g/mol. The molecule has 0 unspecified atom stereocenters. The number of carbonyl (C=O) groups excluding carboxylic acids is 1. The summed E-state index contributed by atoms with van der Waals surface area (Å²) in [7, 11) is 0. The zero-order chi connectivity index (χ0) is 12.3. The second-order valence-corrected chi connectivity index (χ2v) is 5.40. The van der Waals surface area contributed by atoms with Crippen LogP contribution in [0.15, 0.2) is 29.2 Å². The number of benzene rings is 1.